The van der Waals surface area contributed by atoms with Crippen molar-refractivity contribution in [3.8, 4) is 5.69 Å². The van der Waals surface area contributed by atoms with Crippen molar-refractivity contribution in [2.75, 3.05) is 0 Å². The second kappa shape index (κ2) is 5.29. The number of benzene rings is 1. The third kappa shape index (κ3) is 2.31. The van der Waals surface area contributed by atoms with Gasteiger partial charge < -0.3 is 0 Å². The van der Waals surface area contributed by atoms with Crippen LogP contribution in [0.15, 0.2) is 27.8 Å². The Morgan fingerprint density at radius 2 is 1.70 bits per heavy atom. The van der Waals surface area contributed by atoms with Gasteiger partial charge in [0.25, 0.3) is 5.56 Å². The molecule has 0 saturated heterocycles. The Bertz CT molecular complexity index is 752. The molecular weight excluding hydrogens is 276 g/mol. The molecule has 1 N–H and O–H groups in total. The summed E-state index contributed by atoms with van der Waals surface area (Å²) in [4.78, 5) is 27.3. The van der Waals surface area contributed by atoms with Crippen molar-refractivity contribution in [1.29, 1.82) is 0 Å². The number of aryl methyl sites for hydroxylation is 2. The Kier molecular flexibility index (Phi) is 3.86. The number of halogens is 1. The van der Waals surface area contributed by atoms with Crippen molar-refractivity contribution in [3.63, 3.8) is 0 Å². The van der Waals surface area contributed by atoms with Crippen LogP contribution in [-0.4, -0.2) is 9.55 Å². The van der Waals surface area contributed by atoms with Crippen LogP contribution in [0.1, 0.15) is 36.5 Å². The molecule has 1 aromatic carbocycles. The largest absolute Gasteiger partial charge is 0.334 e. The van der Waals surface area contributed by atoms with Crippen molar-refractivity contribution in [2.45, 2.75) is 33.6 Å². The van der Waals surface area contributed by atoms with Gasteiger partial charge in [-0.3, -0.25) is 9.78 Å². The molecule has 2 rings (SSSR count). The van der Waals surface area contributed by atoms with E-state index in [0.717, 1.165) is 11.1 Å². The first-order valence-corrected chi connectivity index (χ1v) is 6.83. The van der Waals surface area contributed by atoms with E-state index in [2.05, 4.69) is 4.98 Å². The van der Waals surface area contributed by atoms with E-state index in [0.29, 0.717) is 11.3 Å². The lowest BCUT2D eigenvalue weighted by atomic mass is 10.1. The molecule has 0 fully saturated rings. The smallest absolute Gasteiger partial charge is 0.297 e. The highest BCUT2D eigenvalue weighted by Crippen LogP contribution is 2.20. The quantitative estimate of drug-likeness (QED) is 0.865. The fourth-order valence-corrected chi connectivity index (χ4v) is 2.77. The highest BCUT2D eigenvalue weighted by Gasteiger charge is 2.18. The summed E-state index contributed by atoms with van der Waals surface area (Å²) in [5.74, 6) is -0.0672. The highest BCUT2D eigenvalue weighted by atomic mass is 35.5. The number of aromatic nitrogens is 2. The SMILES string of the molecule is Cc1cccc(C)c1-n1c(=O)[nH]c(Cl)c(C(C)C)c1=O. The van der Waals surface area contributed by atoms with E-state index in [-0.39, 0.29) is 16.6 Å². The van der Waals surface area contributed by atoms with Gasteiger partial charge >= 0.3 is 5.69 Å². The number of hydrogen-bond donors (Lipinski definition) is 1. The van der Waals surface area contributed by atoms with Gasteiger partial charge in [0.15, 0.2) is 0 Å². The number of nitrogens with zero attached hydrogens (tertiary/aromatic N) is 1. The number of rotatable bonds is 2. The van der Waals surface area contributed by atoms with E-state index in [1.165, 1.54) is 4.57 Å². The lowest BCUT2D eigenvalue weighted by Crippen LogP contribution is -2.37. The lowest BCUT2D eigenvalue weighted by molar-refractivity contribution is 0.773. The van der Waals surface area contributed by atoms with Gasteiger partial charge in [0, 0.05) is 0 Å². The topological polar surface area (TPSA) is 54.9 Å². The maximum absolute atomic E-state index is 12.6. The fraction of sp³-hybridized carbons (Fsp3) is 0.333. The van der Waals surface area contributed by atoms with E-state index in [1.54, 1.807) is 0 Å². The summed E-state index contributed by atoms with van der Waals surface area (Å²) in [6, 6.07) is 5.64. The minimum absolute atomic E-state index is 0.0672. The van der Waals surface area contributed by atoms with Gasteiger partial charge in [-0.05, 0) is 30.9 Å². The number of nitrogens with one attached hydrogen (secondary N) is 1. The van der Waals surface area contributed by atoms with Crippen LogP contribution in [0.2, 0.25) is 5.15 Å². The summed E-state index contributed by atoms with van der Waals surface area (Å²) in [5.41, 5.74) is 1.92. The van der Waals surface area contributed by atoms with Crippen LogP contribution in [0, 0.1) is 13.8 Å². The molecule has 0 aliphatic heterocycles. The van der Waals surface area contributed by atoms with E-state index >= 15 is 0 Å². The van der Waals surface area contributed by atoms with Gasteiger partial charge in [0.05, 0.1) is 11.3 Å². The summed E-state index contributed by atoms with van der Waals surface area (Å²) >= 11 is 6.00. The summed E-state index contributed by atoms with van der Waals surface area (Å²) < 4.78 is 1.17. The molecule has 0 aliphatic carbocycles. The third-order valence-electron chi connectivity index (χ3n) is 3.33. The summed E-state index contributed by atoms with van der Waals surface area (Å²) in [6.07, 6.45) is 0. The first-order valence-electron chi connectivity index (χ1n) is 6.46. The van der Waals surface area contributed by atoms with Crippen LogP contribution in [0.4, 0.5) is 0 Å². The van der Waals surface area contributed by atoms with Crippen LogP contribution in [0.25, 0.3) is 5.69 Å². The minimum Gasteiger partial charge on any atom is -0.297 e. The fourth-order valence-electron chi connectivity index (χ4n) is 2.39. The van der Waals surface area contributed by atoms with E-state index in [1.807, 2.05) is 45.9 Å². The van der Waals surface area contributed by atoms with Gasteiger partial charge in [-0.25, -0.2) is 9.36 Å². The van der Waals surface area contributed by atoms with E-state index in [4.69, 9.17) is 11.6 Å². The van der Waals surface area contributed by atoms with Crippen LogP contribution < -0.4 is 11.2 Å². The van der Waals surface area contributed by atoms with Gasteiger partial charge in [-0.2, -0.15) is 0 Å². The average molecular weight is 293 g/mol. The van der Waals surface area contributed by atoms with Crippen molar-refractivity contribution >= 4 is 11.6 Å². The molecule has 0 aliphatic rings. The molecule has 5 heteroatoms. The molecule has 0 radical (unpaired) electrons. The van der Waals surface area contributed by atoms with Crippen LogP contribution in [0.3, 0.4) is 0 Å². The van der Waals surface area contributed by atoms with Crippen molar-refractivity contribution in [2.24, 2.45) is 0 Å². The van der Waals surface area contributed by atoms with Gasteiger partial charge in [-0.1, -0.05) is 43.6 Å². The molecule has 0 saturated carbocycles. The molecule has 1 heterocycles. The number of H-pyrrole nitrogens is 1. The highest BCUT2D eigenvalue weighted by molar-refractivity contribution is 6.30. The van der Waals surface area contributed by atoms with Crippen LogP contribution >= 0.6 is 11.6 Å². The second-order valence-electron chi connectivity index (χ2n) is 5.19. The Balaban J connectivity index is 2.93. The molecular formula is C15H17ClN2O2. The average Bonchev–Trinajstić information content (AvgIpc) is 2.31. The standard InChI is InChI=1S/C15H17ClN2O2/c1-8(2)11-13(16)17-15(20)18(14(11)19)12-9(3)6-5-7-10(12)4/h5-8H,1-4H3,(H,17,20). The van der Waals surface area contributed by atoms with E-state index < -0.39 is 5.69 Å². The summed E-state index contributed by atoms with van der Waals surface area (Å²) in [6.45, 7) is 7.49. The predicted octanol–water partition coefficient (Wildman–Crippen LogP) is 2.92. The van der Waals surface area contributed by atoms with Gasteiger partial charge in [-0.15, -0.1) is 0 Å². The molecule has 0 bridgehead atoms. The first kappa shape index (κ1) is 14.6. The second-order valence-corrected chi connectivity index (χ2v) is 5.57. The Morgan fingerprint density at radius 1 is 1.15 bits per heavy atom. The molecule has 20 heavy (non-hydrogen) atoms. The number of para-hydroxylation sites is 1. The molecule has 0 atom stereocenters. The molecule has 2 aromatic rings. The Morgan fingerprint density at radius 3 is 2.20 bits per heavy atom. The number of aromatic amines is 1. The zero-order chi connectivity index (χ0) is 15.0. The minimum atomic E-state index is -0.512. The van der Waals surface area contributed by atoms with Gasteiger partial charge in [0.2, 0.25) is 0 Å². The zero-order valence-electron chi connectivity index (χ0n) is 12.0. The molecule has 1 aromatic heterocycles. The van der Waals surface area contributed by atoms with Crippen LogP contribution in [0.5, 0.6) is 0 Å². The molecule has 0 unspecified atom stereocenters. The predicted molar refractivity (Wildman–Crippen MR) is 81.2 cm³/mol. The summed E-state index contributed by atoms with van der Waals surface area (Å²) in [5, 5.41) is 0.123. The lowest BCUT2D eigenvalue weighted by Gasteiger charge is -2.14. The number of hydrogen-bond acceptors (Lipinski definition) is 2. The molecule has 106 valence electrons. The van der Waals surface area contributed by atoms with Crippen LogP contribution in [-0.2, 0) is 0 Å². The molecule has 4 nitrogen and oxygen atoms in total. The molecule has 0 spiro atoms. The van der Waals surface area contributed by atoms with Crippen molar-refractivity contribution < 1.29 is 0 Å². The van der Waals surface area contributed by atoms with Gasteiger partial charge in [0.1, 0.15) is 5.15 Å². The monoisotopic (exact) mass is 292 g/mol. The Labute approximate surface area is 122 Å². The maximum Gasteiger partial charge on any atom is 0.334 e. The van der Waals surface area contributed by atoms with Crippen molar-refractivity contribution in [3.05, 3.63) is 60.9 Å². The van der Waals surface area contributed by atoms with Crippen molar-refractivity contribution in [1.82, 2.24) is 9.55 Å². The Hall–Kier alpha value is -1.81. The normalized spacial score (nSPS) is 11.1. The first-order chi connectivity index (χ1) is 9.34. The maximum atomic E-state index is 12.6. The third-order valence-corrected chi connectivity index (χ3v) is 3.63. The molecule has 0 amide bonds. The van der Waals surface area contributed by atoms with E-state index in [9.17, 15) is 9.59 Å². The summed E-state index contributed by atoms with van der Waals surface area (Å²) in [7, 11) is 0. The zero-order valence-corrected chi connectivity index (χ0v) is 12.7.